The van der Waals surface area contributed by atoms with Gasteiger partial charge in [-0.05, 0) is 62.1 Å². The number of fused-ring (bicyclic) bond motifs is 1. The Morgan fingerprint density at radius 3 is 2.52 bits per heavy atom. The predicted octanol–water partition coefficient (Wildman–Crippen LogP) is 4.13. The molecule has 162 valence electrons. The number of ether oxygens (including phenoxy) is 2. The molecule has 31 heavy (non-hydrogen) atoms. The predicted molar refractivity (Wildman–Crippen MR) is 121 cm³/mol. The van der Waals surface area contributed by atoms with Gasteiger partial charge in [0.15, 0.2) is 11.5 Å². The van der Waals surface area contributed by atoms with Gasteiger partial charge in [-0.3, -0.25) is 4.79 Å². The van der Waals surface area contributed by atoms with Crippen LogP contribution in [0.4, 0.5) is 5.82 Å². The molecular weight excluding hydrogens is 392 g/mol. The van der Waals surface area contributed by atoms with Crippen molar-refractivity contribution in [2.45, 2.75) is 32.2 Å². The summed E-state index contributed by atoms with van der Waals surface area (Å²) in [6.45, 7) is 3.92. The number of nitrogens with one attached hydrogen (secondary N) is 1. The van der Waals surface area contributed by atoms with E-state index in [0.717, 1.165) is 48.2 Å². The zero-order valence-corrected chi connectivity index (χ0v) is 18.2. The molecule has 0 bridgehead atoms. The molecule has 1 aliphatic rings. The SMILES string of the molecule is COc1ccc([C@@H](C)NC(=O)c2ccc3ncnc(N4CCCCC4)c3c2)cc1OC. The minimum Gasteiger partial charge on any atom is -0.493 e. The number of piperidine rings is 1. The van der Waals surface area contributed by atoms with Gasteiger partial charge in [0.25, 0.3) is 5.91 Å². The summed E-state index contributed by atoms with van der Waals surface area (Å²) in [5.74, 6) is 2.06. The summed E-state index contributed by atoms with van der Waals surface area (Å²) < 4.78 is 10.7. The fraction of sp³-hybridized carbons (Fsp3) is 0.375. The number of aromatic nitrogens is 2. The number of benzene rings is 2. The molecule has 1 aromatic heterocycles. The minimum absolute atomic E-state index is 0.141. The quantitative estimate of drug-likeness (QED) is 0.646. The fourth-order valence-corrected chi connectivity index (χ4v) is 4.03. The second-order valence-corrected chi connectivity index (χ2v) is 7.79. The molecule has 1 amide bonds. The number of nitrogens with zero attached hydrogens (tertiary/aromatic N) is 3. The van der Waals surface area contributed by atoms with E-state index in [9.17, 15) is 4.79 Å². The lowest BCUT2D eigenvalue weighted by Crippen LogP contribution is -2.30. The molecule has 1 saturated heterocycles. The van der Waals surface area contributed by atoms with E-state index in [4.69, 9.17) is 9.47 Å². The van der Waals surface area contributed by atoms with Crippen LogP contribution in [0.15, 0.2) is 42.7 Å². The lowest BCUT2D eigenvalue weighted by Gasteiger charge is -2.28. The summed E-state index contributed by atoms with van der Waals surface area (Å²) in [5.41, 5.74) is 2.37. The fourth-order valence-electron chi connectivity index (χ4n) is 4.03. The Kier molecular flexibility index (Phi) is 6.21. The highest BCUT2D eigenvalue weighted by Crippen LogP contribution is 2.30. The van der Waals surface area contributed by atoms with Crippen LogP contribution in [0.2, 0.25) is 0 Å². The lowest BCUT2D eigenvalue weighted by atomic mass is 10.1. The molecule has 0 unspecified atom stereocenters. The third kappa shape index (κ3) is 4.40. The van der Waals surface area contributed by atoms with Crippen LogP contribution < -0.4 is 19.7 Å². The zero-order chi connectivity index (χ0) is 21.8. The van der Waals surface area contributed by atoms with E-state index < -0.39 is 0 Å². The van der Waals surface area contributed by atoms with E-state index in [1.165, 1.54) is 6.42 Å². The van der Waals surface area contributed by atoms with Gasteiger partial charge in [-0.1, -0.05) is 6.07 Å². The minimum atomic E-state index is -0.198. The topological polar surface area (TPSA) is 76.6 Å². The van der Waals surface area contributed by atoms with E-state index in [0.29, 0.717) is 17.1 Å². The lowest BCUT2D eigenvalue weighted by molar-refractivity contribution is 0.0940. The van der Waals surface area contributed by atoms with E-state index in [1.54, 1.807) is 20.5 Å². The molecule has 0 saturated carbocycles. The van der Waals surface area contributed by atoms with Crippen LogP contribution in [0.1, 0.15) is 48.1 Å². The summed E-state index contributed by atoms with van der Waals surface area (Å²) in [6, 6.07) is 11.1. The van der Waals surface area contributed by atoms with Crippen molar-refractivity contribution in [2.24, 2.45) is 0 Å². The summed E-state index contributed by atoms with van der Waals surface area (Å²) in [6.07, 6.45) is 5.18. The van der Waals surface area contributed by atoms with Crippen LogP contribution in [0.5, 0.6) is 11.5 Å². The normalized spacial score (nSPS) is 14.9. The van der Waals surface area contributed by atoms with Crippen LogP contribution in [0.3, 0.4) is 0 Å². The van der Waals surface area contributed by atoms with Gasteiger partial charge >= 0.3 is 0 Å². The zero-order valence-electron chi connectivity index (χ0n) is 18.2. The average molecular weight is 421 g/mol. The first-order chi connectivity index (χ1) is 15.1. The largest absolute Gasteiger partial charge is 0.493 e. The van der Waals surface area contributed by atoms with Crippen molar-refractivity contribution in [3.8, 4) is 11.5 Å². The first-order valence-corrected chi connectivity index (χ1v) is 10.6. The van der Waals surface area contributed by atoms with Crippen molar-refractivity contribution in [2.75, 3.05) is 32.2 Å². The number of hydrogen-bond donors (Lipinski definition) is 1. The first-order valence-electron chi connectivity index (χ1n) is 10.6. The standard InChI is InChI=1S/C24H28N4O3/c1-16(17-8-10-21(30-2)22(14-17)31-3)27-24(29)18-7-9-20-19(13-18)23(26-15-25-20)28-11-5-4-6-12-28/h7-10,13-16H,4-6,11-12H2,1-3H3,(H,27,29)/t16-/m1/s1. The number of hydrogen-bond acceptors (Lipinski definition) is 6. The molecule has 7 nitrogen and oxygen atoms in total. The van der Waals surface area contributed by atoms with Crippen LogP contribution >= 0.6 is 0 Å². The Bertz CT molecular complexity index is 1080. The van der Waals surface area contributed by atoms with Gasteiger partial charge in [-0.15, -0.1) is 0 Å². The number of carbonyl (C=O) groups is 1. The third-order valence-corrected chi connectivity index (χ3v) is 5.79. The van der Waals surface area contributed by atoms with Crippen LogP contribution in [0, 0.1) is 0 Å². The maximum Gasteiger partial charge on any atom is 0.251 e. The van der Waals surface area contributed by atoms with Crippen molar-refractivity contribution in [1.82, 2.24) is 15.3 Å². The summed E-state index contributed by atoms with van der Waals surface area (Å²) in [7, 11) is 3.20. The Morgan fingerprint density at radius 1 is 1.00 bits per heavy atom. The van der Waals surface area contributed by atoms with Crippen molar-refractivity contribution < 1.29 is 14.3 Å². The van der Waals surface area contributed by atoms with Crippen molar-refractivity contribution in [3.63, 3.8) is 0 Å². The highest BCUT2D eigenvalue weighted by Gasteiger charge is 2.18. The Hall–Kier alpha value is -3.35. The van der Waals surface area contributed by atoms with Gasteiger partial charge < -0.3 is 19.7 Å². The monoisotopic (exact) mass is 420 g/mol. The molecule has 2 heterocycles. The molecule has 0 radical (unpaired) electrons. The van der Waals surface area contributed by atoms with E-state index in [2.05, 4.69) is 20.2 Å². The number of rotatable bonds is 6. The number of carbonyl (C=O) groups excluding carboxylic acids is 1. The molecular formula is C24H28N4O3. The molecule has 1 atom stereocenters. The summed E-state index contributed by atoms with van der Waals surface area (Å²) >= 11 is 0. The summed E-state index contributed by atoms with van der Waals surface area (Å²) in [4.78, 5) is 24.2. The average Bonchev–Trinajstić information content (AvgIpc) is 2.83. The number of anilines is 1. The number of amides is 1. The second-order valence-electron chi connectivity index (χ2n) is 7.79. The van der Waals surface area contributed by atoms with E-state index in [1.807, 2.05) is 43.3 Å². The van der Waals surface area contributed by atoms with Gasteiger partial charge in [-0.2, -0.15) is 0 Å². The molecule has 0 spiro atoms. The second kappa shape index (κ2) is 9.20. The maximum absolute atomic E-state index is 13.0. The molecule has 1 aliphatic heterocycles. The van der Waals surface area contributed by atoms with Crippen LogP contribution in [-0.4, -0.2) is 43.2 Å². The van der Waals surface area contributed by atoms with Gasteiger partial charge in [0.2, 0.25) is 0 Å². The number of methoxy groups -OCH3 is 2. The Morgan fingerprint density at radius 2 is 1.77 bits per heavy atom. The Balaban J connectivity index is 1.57. The van der Waals surface area contributed by atoms with Gasteiger partial charge in [-0.25, -0.2) is 9.97 Å². The van der Waals surface area contributed by atoms with Gasteiger partial charge in [0.1, 0.15) is 12.1 Å². The highest BCUT2D eigenvalue weighted by atomic mass is 16.5. The molecule has 3 aromatic rings. The molecule has 1 N–H and O–H groups in total. The van der Waals surface area contributed by atoms with E-state index in [-0.39, 0.29) is 11.9 Å². The highest BCUT2D eigenvalue weighted by molar-refractivity contribution is 6.00. The smallest absolute Gasteiger partial charge is 0.251 e. The molecule has 2 aromatic carbocycles. The third-order valence-electron chi connectivity index (χ3n) is 5.79. The first kappa shape index (κ1) is 20.9. The Labute approximate surface area is 182 Å². The van der Waals surface area contributed by atoms with E-state index >= 15 is 0 Å². The van der Waals surface area contributed by atoms with Gasteiger partial charge in [0.05, 0.1) is 25.8 Å². The summed E-state index contributed by atoms with van der Waals surface area (Å²) in [5, 5.41) is 3.99. The van der Waals surface area contributed by atoms with Crippen LogP contribution in [-0.2, 0) is 0 Å². The van der Waals surface area contributed by atoms with Crippen molar-refractivity contribution in [3.05, 3.63) is 53.9 Å². The van der Waals surface area contributed by atoms with Crippen molar-refractivity contribution in [1.29, 1.82) is 0 Å². The molecule has 4 rings (SSSR count). The van der Waals surface area contributed by atoms with Crippen molar-refractivity contribution >= 4 is 22.6 Å². The molecule has 1 fully saturated rings. The van der Waals surface area contributed by atoms with Gasteiger partial charge in [0, 0.05) is 24.0 Å². The molecule has 0 aliphatic carbocycles. The molecule has 7 heteroatoms. The van der Waals surface area contributed by atoms with Crippen LogP contribution in [0.25, 0.3) is 10.9 Å². The maximum atomic E-state index is 13.0.